The molecule has 18 heavy (non-hydrogen) atoms. The summed E-state index contributed by atoms with van der Waals surface area (Å²) in [5, 5.41) is 8.80. The van der Waals surface area contributed by atoms with E-state index in [9.17, 15) is 9.59 Å². The van der Waals surface area contributed by atoms with Crippen molar-refractivity contribution in [3.8, 4) is 0 Å². The van der Waals surface area contributed by atoms with Gasteiger partial charge in [-0.15, -0.1) is 0 Å². The zero-order valence-electron chi connectivity index (χ0n) is 11.4. The number of ether oxygens (including phenoxy) is 1. The quantitative estimate of drug-likeness (QED) is 0.522. The van der Waals surface area contributed by atoms with Crippen LogP contribution >= 0.6 is 0 Å². The van der Waals surface area contributed by atoms with Crippen LogP contribution < -0.4 is 0 Å². The Morgan fingerprint density at radius 1 is 1.28 bits per heavy atom. The lowest BCUT2D eigenvalue weighted by atomic mass is 10.2. The van der Waals surface area contributed by atoms with E-state index in [1.165, 1.54) is 6.08 Å². The molecule has 0 saturated carbocycles. The fourth-order valence-electron chi connectivity index (χ4n) is 1.39. The second kappa shape index (κ2) is 9.65. The monoisotopic (exact) mass is 257 g/mol. The van der Waals surface area contributed by atoms with Gasteiger partial charge in [-0.25, -0.2) is 0 Å². The molecule has 0 heterocycles. The van der Waals surface area contributed by atoms with Crippen molar-refractivity contribution in [2.24, 2.45) is 0 Å². The lowest BCUT2D eigenvalue weighted by molar-refractivity contribution is -0.143. The number of rotatable bonds is 8. The second-order valence-electron chi connectivity index (χ2n) is 4.18. The first-order chi connectivity index (χ1) is 8.51. The van der Waals surface area contributed by atoms with Gasteiger partial charge in [0.1, 0.15) is 0 Å². The molecule has 0 radical (unpaired) electrons. The van der Waals surface area contributed by atoms with Crippen molar-refractivity contribution in [1.82, 2.24) is 4.90 Å². The molecule has 0 fully saturated rings. The summed E-state index contributed by atoms with van der Waals surface area (Å²) < 4.78 is 4.82. The predicted octanol–water partition coefficient (Wildman–Crippen LogP) is 1.12. The van der Waals surface area contributed by atoms with Crippen molar-refractivity contribution in [2.75, 3.05) is 26.3 Å². The van der Waals surface area contributed by atoms with Gasteiger partial charge in [0.05, 0.1) is 13.0 Å². The average Bonchev–Trinajstić information content (AvgIpc) is 2.28. The molecule has 1 N–H and O–H groups in total. The third-order valence-electron chi connectivity index (χ3n) is 2.20. The van der Waals surface area contributed by atoms with E-state index in [-0.39, 0.29) is 24.9 Å². The maximum absolute atomic E-state index is 11.8. The molecule has 1 amide bonds. The van der Waals surface area contributed by atoms with Crippen molar-refractivity contribution in [3.05, 3.63) is 11.6 Å². The van der Waals surface area contributed by atoms with E-state index < -0.39 is 0 Å². The van der Waals surface area contributed by atoms with Crippen molar-refractivity contribution in [3.63, 3.8) is 0 Å². The molecule has 0 rings (SSSR count). The molecular formula is C13H23NO4. The third kappa shape index (κ3) is 7.84. The summed E-state index contributed by atoms with van der Waals surface area (Å²) in [6, 6.07) is 0. The van der Waals surface area contributed by atoms with Crippen LogP contribution in [0, 0.1) is 0 Å². The summed E-state index contributed by atoms with van der Waals surface area (Å²) in [7, 11) is 0. The number of allylic oxidation sites excluding steroid dienone is 1. The smallest absolute Gasteiger partial charge is 0.307 e. The normalized spacial score (nSPS) is 9.78. The van der Waals surface area contributed by atoms with E-state index in [4.69, 9.17) is 9.84 Å². The van der Waals surface area contributed by atoms with Crippen LogP contribution in [0.3, 0.4) is 0 Å². The molecule has 0 aliphatic rings. The van der Waals surface area contributed by atoms with Crippen molar-refractivity contribution < 1.29 is 19.4 Å². The lowest BCUT2D eigenvalue weighted by Gasteiger charge is -2.20. The van der Waals surface area contributed by atoms with Gasteiger partial charge < -0.3 is 14.7 Å². The molecule has 0 aromatic carbocycles. The van der Waals surface area contributed by atoms with Crippen LogP contribution in [0.1, 0.15) is 33.6 Å². The maximum atomic E-state index is 11.8. The van der Waals surface area contributed by atoms with Crippen molar-refractivity contribution in [1.29, 1.82) is 0 Å². The standard InChI is InChI=1S/C13H23NO4/c1-4-18-13(17)6-8-14(7-5-9-15)12(16)10-11(2)3/h10,15H,4-9H2,1-3H3. The average molecular weight is 257 g/mol. The van der Waals surface area contributed by atoms with E-state index in [0.717, 1.165) is 5.57 Å². The predicted molar refractivity (Wildman–Crippen MR) is 69.0 cm³/mol. The summed E-state index contributed by atoms with van der Waals surface area (Å²) in [6.07, 6.45) is 2.22. The highest BCUT2D eigenvalue weighted by Crippen LogP contribution is 2.01. The number of nitrogens with zero attached hydrogens (tertiary/aromatic N) is 1. The largest absolute Gasteiger partial charge is 0.466 e. The summed E-state index contributed by atoms with van der Waals surface area (Å²) >= 11 is 0. The molecule has 0 spiro atoms. The number of carbonyl (C=O) groups excluding carboxylic acids is 2. The van der Waals surface area contributed by atoms with Crippen LogP contribution in [0.4, 0.5) is 0 Å². The Labute approximate surface area is 108 Å². The van der Waals surface area contributed by atoms with Gasteiger partial charge in [0.15, 0.2) is 0 Å². The zero-order valence-corrected chi connectivity index (χ0v) is 11.4. The van der Waals surface area contributed by atoms with Crippen LogP contribution in [-0.2, 0) is 14.3 Å². The molecule has 0 atom stereocenters. The second-order valence-corrected chi connectivity index (χ2v) is 4.18. The fourth-order valence-corrected chi connectivity index (χ4v) is 1.39. The van der Waals surface area contributed by atoms with Gasteiger partial charge in [-0.2, -0.15) is 0 Å². The van der Waals surface area contributed by atoms with Crippen molar-refractivity contribution >= 4 is 11.9 Å². The van der Waals surface area contributed by atoms with E-state index in [1.54, 1.807) is 11.8 Å². The molecule has 0 aromatic heterocycles. The van der Waals surface area contributed by atoms with Crippen LogP contribution in [-0.4, -0.2) is 48.2 Å². The van der Waals surface area contributed by atoms with Crippen LogP contribution in [0.2, 0.25) is 0 Å². The van der Waals surface area contributed by atoms with E-state index >= 15 is 0 Å². The summed E-state index contributed by atoms with van der Waals surface area (Å²) in [4.78, 5) is 24.6. The Morgan fingerprint density at radius 2 is 1.94 bits per heavy atom. The lowest BCUT2D eigenvalue weighted by Crippen LogP contribution is -2.33. The highest BCUT2D eigenvalue weighted by molar-refractivity contribution is 5.88. The Kier molecular flexibility index (Phi) is 8.92. The number of aliphatic hydroxyl groups excluding tert-OH is 1. The molecule has 0 aromatic rings. The summed E-state index contributed by atoms with van der Waals surface area (Å²) in [6.45, 7) is 6.56. The Morgan fingerprint density at radius 3 is 2.44 bits per heavy atom. The molecule has 104 valence electrons. The molecule has 5 heteroatoms. The van der Waals surface area contributed by atoms with Gasteiger partial charge in [0, 0.05) is 25.8 Å². The number of esters is 1. The Bertz CT molecular complexity index is 295. The summed E-state index contributed by atoms with van der Waals surface area (Å²) in [5.74, 6) is -0.441. The minimum Gasteiger partial charge on any atom is -0.466 e. The first-order valence-electron chi connectivity index (χ1n) is 6.21. The molecule has 0 unspecified atom stereocenters. The SMILES string of the molecule is CCOC(=O)CCN(CCCO)C(=O)C=C(C)C. The fraction of sp³-hybridized carbons (Fsp3) is 0.692. The van der Waals surface area contributed by atoms with E-state index in [1.807, 2.05) is 13.8 Å². The highest BCUT2D eigenvalue weighted by atomic mass is 16.5. The van der Waals surface area contributed by atoms with Crippen LogP contribution in [0.15, 0.2) is 11.6 Å². The topological polar surface area (TPSA) is 66.8 Å². The maximum Gasteiger partial charge on any atom is 0.307 e. The molecule has 0 aliphatic carbocycles. The number of carbonyl (C=O) groups is 2. The molecular weight excluding hydrogens is 234 g/mol. The number of hydrogen-bond acceptors (Lipinski definition) is 4. The number of amides is 1. The van der Waals surface area contributed by atoms with Gasteiger partial charge >= 0.3 is 5.97 Å². The van der Waals surface area contributed by atoms with E-state index in [0.29, 0.717) is 26.1 Å². The number of aliphatic hydroxyl groups is 1. The summed E-state index contributed by atoms with van der Waals surface area (Å²) in [5.41, 5.74) is 0.908. The molecule has 5 nitrogen and oxygen atoms in total. The molecule has 0 bridgehead atoms. The van der Waals surface area contributed by atoms with E-state index in [2.05, 4.69) is 0 Å². The Balaban J connectivity index is 4.35. The van der Waals surface area contributed by atoms with Crippen LogP contribution in [0.5, 0.6) is 0 Å². The zero-order chi connectivity index (χ0) is 14.0. The van der Waals surface area contributed by atoms with Gasteiger partial charge in [-0.1, -0.05) is 5.57 Å². The van der Waals surface area contributed by atoms with Crippen LogP contribution in [0.25, 0.3) is 0 Å². The van der Waals surface area contributed by atoms with Gasteiger partial charge in [0.25, 0.3) is 0 Å². The third-order valence-corrected chi connectivity index (χ3v) is 2.20. The minimum atomic E-state index is -0.309. The first kappa shape index (κ1) is 16.6. The Hall–Kier alpha value is -1.36. The minimum absolute atomic E-state index is 0.0258. The van der Waals surface area contributed by atoms with Gasteiger partial charge in [-0.05, 0) is 27.2 Å². The highest BCUT2D eigenvalue weighted by Gasteiger charge is 2.13. The molecule has 0 saturated heterocycles. The molecule has 0 aliphatic heterocycles. The first-order valence-corrected chi connectivity index (χ1v) is 6.21. The van der Waals surface area contributed by atoms with Gasteiger partial charge in [0.2, 0.25) is 5.91 Å². The van der Waals surface area contributed by atoms with Gasteiger partial charge in [-0.3, -0.25) is 9.59 Å². The number of hydrogen-bond donors (Lipinski definition) is 1. The van der Waals surface area contributed by atoms with Crippen molar-refractivity contribution in [2.45, 2.75) is 33.6 Å².